The van der Waals surface area contributed by atoms with E-state index in [9.17, 15) is 14.9 Å². The molecule has 0 saturated carbocycles. The molecule has 0 unspecified atom stereocenters. The Balaban J connectivity index is 1.64. The summed E-state index contributed by atoms with van der Waals surface area (Å²) in [7, 11) is 0. The maximum Gasteiger partial charge on any atom is 0.341 e. The summed E-state index contributed by atoms with van der Waals surface area (Å²) in [5.74, 6) is -1.02. The zero-order valence-electron chi connectivity index (χ0n) is 18.5. The van der Waals surface area contributed by atoms with Gasteiger partial charge in [0.1, 0.15) is 16.6 Å². The number of rotatable bonds is 6. The van der Waals surface area contributed by atoms with Crippen molar-refractivity contribution in [3.63, 3.8) is 0 Å². The Kier molecular flexibility index (Phi) is 6.71. The number of hydrogen-bond acceptors (Lipinski definition) is 6. The van der Waals surface area contributed by atoms with E-state index < -0.39 is 11.9 Å². The van der Waals surface area contributed by atoms with Crippen LogP contribution in [0.3, 0.4) is 0 Å². The number of H-pyrrole nitrogens is 1. The fraction of sp³-hybridized carbons (Fsp3) is 0.280. The Hall–Kier alpha value is -3.70. The first-order valence-corrected chi connectivity index (χ1v) is 11.7. The Morgan fingerprint density at radius 1 is 1.24 bits per heavy atom. The summed E-state index contributed by atoms with van der Waals surface area (Å²) in [6.45, 7) is 3.58. The largest absolute Gasteiger partial charge is 0.459 e. The van der Waals surface area contributed by atoms with Gasteiger partial charge in [-0.3, -0.25) is 9.89 Å². The van der Waals surface area contributed by atoms with Gasteiger partial charge in [0.05, 0.1) is 23.6 Å². The highest BCUT2D eigenvalue weighted by atomic mass is 32.1. The smallest absolute Gasteiger partial charge is 0.341 e. The van der Waals surface area contributed by atoms with Gasteiger partial charge in [0.25, 0.3) is 5.91 Å². The maximum atomic E-state index is 13.0. The lowest BCUT2D eigenvalue weighted by Gasteiger charge is -2.14. The van der Waals surface area contributed by atoms with Gasteiger partial charge in [0.15, 0.2) is 0 Å². The Bertz CT molecular complexity index is 1250. The number of fused-ring (bicyclic) bond motifs is 1. The highest BCUT2D eigenvalue weighted by Crippen LogP contribution is 2.39. The fourth-order valence-corrected chi connectivity index (χ4v) is 5.13. The van der Waals surface area contributed by atoms with E-state index in [1.54, 1.807) is 20.0 Å². The molecule has 1 aliphatic rings. The van der Waals surface area contributed by atoms with Crippen molar-refractivity contribution in [2.24, 2.45) is 0 Å². The average molecular weight is 461 g/mol. The molecule has 4 rings (SSSR count). The second-order valence-electron chi connectivity index (χ2n) is 8.06. The van der Waals surface area contributed by atoms with Crippen molar-refractivity contribution < 1.29 is 14.3 Å². The summed E-state index contributed by atoms with van der Waals surface area (Å²) < 4.78 is 5.44. The molecular formula is C25H24N4O3S. The summed E-state index contributed by atoms with van der Waals surface area (Å²) in [6, 6.07) is 11.5. The van der Waals surface area contributed by atoms with E-state index in [-0.39, 0.29) is 11.7 Å². The van der Waals surface area contributed by atoms with Crippen LogP contribution < -0.4 is 5.32 Å². The van der Waals surface area contributed by atoms with Crippen molar-refractivity contribution in [1.29, 1.82) is 5.26 Å². The van der Waals surface area contributed by atoms with Gasteiger partial charge in [0, 0.05) is 16.0 Å². The fourth-order valence-electron chi connectivity index (χ4n) is 3.86. The van der Waals surface area contributed by atoms with Crippen LogP contribution >= 0.6 is 11.3 Å². The molecule has 3 aromatic rings. The van der Waals surface area contributed by atoms with Crippen molar-refractivity contribution in [3.05, 3.63) is 63.7 Å². The zero-order chi connectivity index (χ0) is 23.4. The molecule has 33 heavy (non-hydrogen) atoms. The molecule has 2 aromatic heterocycles. The maximum absolute atomic E-state index is 13.0. The van der Waals surface area contributed by atoms with Crippen LogP contribution in [0.1, 0.15) is 53.1 Å². The van der Waals surface area contributed by atoms with Crippen LogP contribution in [0.2, 0.25) is 0 Å². The molecule has 1 aliphatic carbocycles. The SMILES string of the molecule is CC(C)OC(=O)c1c(NC(=O)/C(C#N)=C/c2cn[nH]c2-c2ccccc2)sc2c1CCCC2. The number of esters is 1. The molecule has 2 N–H and O–H groups in total. The number of nitriles is 1. The number of ether oxygens (including phenoxy) is 1. The van der Waals surface area contributed by atoms with Crippen molar-refractivity contribution in [2.45, 2.75) is 45.6 Å². The minimum atomic E-state index is -0.574. The third-order valence-corrected chi connectivity index (χ3v) is 6.55. The normalized spacial score (nSPS) is 13.3. The number of anilines is 1. The summed E-state index contributed by atoms with van der Waals surface area (Å²) in [4.78, 5) is 27.0. The molecule has 1 amide bonds. The van der Waals surface area contributed by atoms with Crippen molar-refractivity contribution in [1.82, 2.24) is 10.2 Å². The molecule has 8 heteroatoms. The van der Waals surface area contributed by atoms with E-state index in [0.29, 0.717) is 21.8 Å². The average Bonchev–Trinajstić information content (AvgIpc) is 3.41. The summed E-state index contributed by atoms with van der Waals surface area (Å²) >= 11 is 1.39. The number of nitrogens with one attached hydrogen (secondary N) is 2. The van der Waals surface area contributed by atoms with E-state index in [2.05, 4.69) is 15.5 Å². The van der Waals surface area contributed by atoms with Gasteiger partial charge in [-0.05, 0) is 51.2 Å². The molecule has 0 atom stereocenters. The lowest BCUT2D eigenvalue weighted by molar-refractivity contribution is -0.112. The molecule has 0 radical (unpaired) electrons. The summed E-state index contributed by atoms with van der Waals surface area (Å²) in [5, 5.41) is 19.9. The van der Waals surface area contributed by atoms with Crippen LogP contribution in [0.5, 0.6) is 0 Å². The molecule has 0 saturated heterocycles. The lowest BCUT2D eigenvalue weighted by Crippen LogP contribution is -2.18. The van der Waals surface area contributed by atoms with E-state index in [0.717, 1.165) is 41.7 Å². The minimum absolute atomic E-state index is 0.0804. The number of carbonyl (C=O) groups excluding carboxylic acids is 2. The van der Waals surface area contributed by atoms with Crippen LogP contribution in [-0.2, 0) is 22.4 Å². The van der Waals surface area contributed by atoms with Gasteiger partial charge < -0.3 is 10.1 Å². The van der Waals surface area contributed by atoms with Gasteiger partial charge in [-0.1, -0.05) is 30.3 Å². The number of nitrogens with zero attached hydrogens (tertiary/aromatic N) is 2. The van der Waals surface area contributed by atoms with E-state index in [1.165, 1.54) is 17.4 Å². The quantitative estimate of drug-likeness (QED) is 0.301. The number of benzene rings is 1. The van der Waals surface area contributed by atoms with Crippen LogP contribution in [-0.4, -0.2) is 28.2 Å². The molecule has 0 fully saturated rings. The van der Waals surface area contributed by atoms with Crippen molar-refractivity contribution in [3.8, 4) is 17.3 Å². The van der Waals surface area contributed by atoms with Gasteiger partial charge in [-0.25, -0.2) is 4.79 Å². The Morgan fingerprint density at radius 3 is 2.73 bits per heavy atom. The first-order valence-electron chi connectivity index (χ1n) is 10.9. The lowest BCUT2D eigenvalue weighted by atomic mass is 9.95. The van der Waals surface area contributed by atoms with Gasteiger partial charge in [0.2, 0.25) is 0 Å². The van der Waals surface area contributed by atoms with E-state index >= 15 is 0 Å². The van der Waals surface area contributed by atoms with Crippen LogP contribution in [0, 0.1) is 11.3 Å². The highest BCUT2D eigenvalue weighted by Gasteiger charge is 2.28. The third kappa shape index (κ3) is 4.89. The van der Waals surface area contributed by atoms with Gasteiger partial charge in [-0.2, -0.15) is 10.4 Å². The zero-order valence-corrected chi connectivity index (χ0v) is 19.3. The van der Waals surface area contributed by atoms with Crippen LogP contribution in [0.4, 0.5) is 5.00 Å². The first kappa shape index (κ1) is 22.5. The van der Waals surface area contributed by atoms with Crippen molar-refractivity contribution >= 4 is 34.3 Å². The van der Waals surface area contributed by atoms with Gasteiger partial charge >= 0.3 is 5.97 Å². The first-order chi connectivity index (χ1) is 16.0. The third-order valence-electron chi connectivity index (χ3n) is 5.34. The minimum Gasteiger partial charge on any atom is -0.459 e. The predicted octanol–water partition coefficient (Wildman–Crippen LogP) is 5.13. The highest BCUT2D eigenvalue weighted by molar-refractivity contribution is 7.17. The van der Waals surface area contributed by atoms with E-state index in [4.69, 9.17) is 4.74 Å². The molecule has 2 heterocycles. The topological polar surface area (TPSA) is 108 Å². The molecule has 168 valence electrons. The number of aromatic amines is 1. The molecular weight excluding hydrogens is 436 g/mol. The molecule has 0 spiro atoms. The number of amides is 1. The van der Waals surface area contributed by atoms with Gasteiger partial charge in [-0.15, -0.1) is 11.3 Å². The predicted molar refractivity (Wildman–Crippen MR) is 128 cm³/mol. The van der Waals surface area contributed by atoms with E-state index in [1.807, 2.05) is 36.4 Å². The summed E-state index contributed by atoms with van der Waals surface area (Å²) in [5.41, 5.74) is 3.52. The Labute approximate surface area is 196 Å². The molecule has 0 aliphatic heterocycles. The number of carbonyl (C=O) groups is 2. The second kappa shape index (κ2) is 9.84. The number of aryl methyl sites for hydroxylation is 1. The number of aromatic nitrogens is 2. The Morgan fingerprint density at radius 2 is 2.00 bits per heavy atom. The monoisotopic (exact) mass is 460 g/mol. The second-order valence-corrected chi connectivity index (χ2v) is 9.16. The number of thiophene rings is 1. The number of hydrogen-bond donors (Lipinski definition) is 2. The standard InChI is InChI=1S/C25H24N4O3S/c1-15(2)32-25(31)21-19-10-6-7-11-20(19)33-24(21)28-23(30)17(13-26)12-18-14-27-29-22(18)16-8-4-3-5-9-16/h3-5,8-9,12,14-15H,6-7,10-11H2,1-2H3,(H,27,29)(H,28,30)/b17-12+. The van der Waals surface area contributed by atoms with Crippen LogP contribution in [0.25, 0.3) is 17.3 Å². The molecule has 1 aromatic carbocycles. The molecule has 7 nitrogen and oxygen atoms in total. The summed E-state index contributed by atoms with van der Waals surface area (Å²) in [6.07, 6.45) is 6.49. The van der Waals surface area contributed by atoms with Crippen molar-refractivity contribution in [2.75, 3.05) is 5.32 Å². The molecule has 0 bridgehead atoms. The van der Waals surface area contributed by atoms with Crippen LogP contribution in [0.15, 0.2) is 42.1 Å².